The van der Waals surface area contributed by atoms with Crippen LogP contribution in [0.25, 0.3) is 0 Å². The van der Waals surface area contributed by atoms with Crippen LogP contribution in [0.2, 0.25) is 0 Å². The fourth-order valence-electron chi connectivity index (χ4n) is 2.15. The number of benzene rings is 1. The van der Waals surface area contributed by atoms with Crippen LogP contribution in [-0.2, 0) is 10.2 Å². The van der Waals surface area contributed by atoms with Crippen molar-refractivity contribution in [3.63, 3.8) is 0 Å². The molecule has 20 heavy (non-hydrogen) atoms. The molecule has 0 saturated heterocycles. The van der Waals surface area contributed by atoms with Crippen LogP contribution in [0, 0.1) is 0 Å². The van der Waals surface area contributed by atoms with E-state index in [0.717, 1.165) is 5.56 Å². The molecule has 0 saturated carbocycles. The Labute approximate surface area is 119 Å². The topological polar surface area (TPSA) is 81.8 Å². The lowest BCUT2D eigenvalue weighted by atomic mass is 9.83. The molecule has 1 aromatic rings. The van der Waals surface area contributed by atoms with E-state index < -0.39 is 11.9 Å². The minimum absolute atomic E-state index is 0.00242. The number of nitrogens with two attached hydrogens (primary N) is 1. The molecule has 0 aliphatic carbocycles. The van der Waals surface area contributed by atoms with Gasteiger partial charge >= 0.3 is 5.97 Å². The third-order valence-corrected chi connectivity index (χ3v) is 3.25. The van der Waals surface area contributed by atoms with Crippen molar-refractivity contribution in [3.8, 4) is 11.5 Å². The van der Waals surface area contributed by atoms with Crippen LogP contribution in [0.4, 0.5) is 0 Å². The molecule has 5 heteroatoms. The number of hydrogen-bond donors (Lipinski definition) is 2. The van der Waals surface area contributed by atoms with Crippen molar-refractivity contribution in [2.24, 2.45) is 5.73 Å². The maximum atomic E-state index is 11.4. The molecule has 0 radical (unpaired) electrons. The third-order valence-electron chi connectivity index (χ3n) is 3.25. The smallest absolute Gasteiger partial charge is 0.312 e. The van der Waals surface area contributed by atoms with E-state index in [1.807, 2.05) is 26.8 Å². The van der Waals surface area contributed by atoms with Crippen molar-refractivity contribution in [3.05, 3.63) is 23.3 Å². The first-order valence-electron chi connectivity index (χ1n) is 6.45. The van der Waals surface area contributed by atoms with Gasteiger partial charge in [0.05, 0.1) is 20.1 Å². The predicted octanol–water partition coefficient (Wildman–Crippen LogP) is 2.13. The number of rotatable bonds is 5. The third kappa shape index (κ3) is 3.22. The van der Waals surface area contributed by atoms with Crippen molar-refractivity contribution in [1.29, 1.82) is 0 Å². The van der Waals surface area contributed by atoms with Crippen LogP contribution in [0.5, 0.6) is 11.5 Å². The van der Waals surface area contributed by atoms with Crippen molar-refractivity contribution in [2.75, 3.05) is 20.8 Å². The van der Waals surface area contributed by atoms with Gasteiger partial charge in [-0.15, -0.1) is 0 Å². The number of ether oxygens (including phenoxy) is 2. The molecule has 1 rings (SSSR count). The Balaban J connectivity index is 3.60. The summed E-state index contributed by atoms with van der Waals surface area (Å²) in [5.41, 5.74) is 6.85. The van der Waals surface area contributed by atoms with Crippen LogP contribution < -0.4 is 15.2 Å². The van der Waals surface area contributed by atoms with E-state index in [1.165, 1.54) is 7.11 Å². The highest BCUT2D eigenvalue weighted by molar-refractivity contribution is 5.78. The summed E-state index contributed by atoms with van der Waals surface area (Å²) in [7, 11) is 3.09. The highest BCUT2D eigenvalue weighted by Crippen LogP contribution is 2.40. The standard InChI is InChI=1S/C15H23NO4/c1-15(2,3)12-7-9(19-4)6-10(13(12)20-5)11(8-16)14(17)18/h6-7,11H,8,16H2,1-5H3,(H,17,18). The zero-order valence-electron chi connectivity index (χ0n) is 12.7. The summed E-state index contributed by atoms with van der Waals surface area (Å²) < 4.78 is 10.7. The summed E-state index contributed by atoms with van der Waals surface area (Å²) in [6.07, 6.45) is 0. The average molecular weight is 281 g/mol. The maximum absolute atomic E-state index is 11.4. The fourth-order valence-corrected chi connectivity index (χ4v) is 2.15. The normalized spacial score (nSPS) is 12.9. The molecule has 0 spiro atoms. The molecular formula is C15H23NO4. The predicted molar refractivity (Wildman–Crippen MR) is 77.7 cm³/mol. The second-order valence-electron chi connectivity index (χ2n) is 5.67. The number of hydrogen-bond acceptors (Lipinski definition) is 4. The van der Waals surface area contributed by atoms with E-state index in [4.69, 9.17) is 15.2 Å². The monoisotopic (exact) mass is 281 g/mol. The number of carbonyl (C=O) groups is 1. The molecule has 0 amide bonds. The maximum Gasteiger partial charge on any atom is 0.312 e. The lowest BCUT2D eigenvalue weighted by Crippen LogP contribution is -2.23. The molecule has 5 nitrogen and oxygen atoms in total. The fraction of sp³-hybridized carbons (Fsp3) is 0.533. The van der Waals surface area contributed by atoms with Crippen molar-refractivity contribution < 1.29 is 19.4 Å². The number of aliphatic carboxylic acids is 1. The Morgan fingerprint density at radius 2 is 1.90 bits per heavy atom. The number of carboxylic acid groups (broad SMARTS) is 1. The first-order valence-corrected chi connectivity index (χ1v) is 6.45. The molecule has 0 fully saturated rings. The molecule has 0 aromatic heterocycles. The lowest BCUT2D eigenvalue weighted by molar-refractivity contribution is -0.138. The second-order valence-corrected chi connectivity index (χ2v) is 5.67. The molecule has 0 aliphatic heterocycles. The molecule has 1 unspecified atom stereocenters. The summed E-state index contributed by atoms with van der Waals surface area (Å²) in [4.78, 5) is 11.4. The molecule has 0 heterocycles. The Hall–Kier alpha value is -1.75. The minimum Gasteiger partial charge on any atom is -0.497 e. The van der Waals surface area contributed by atoms with E-state index in [-0.39, 0.29) is 12.0 Å². The minimum atomic E-state index is -0.973. The number of methoxy groups -OCH3 is 2. The van der Waals surface area contributed by atoms with Gasteiger partial charge in [-0.2, -0.15) is 0 Å². The first-order chi connectivity index (χ1) is 9.26. The zero-order valence-corrected chi connectivity index (χ0v) is 12.7. The summed E-state index contributed by atoms with van der Waals surface area (Å²) >= 11 is 0. The molecule has 0 aliphatic rings. The van der Waals surface area contributed by atoms with Gasteiger partial charge < -0.3 is 20.3 Å². The summed E-state index contributed by atoms with van der Waals surface area (Å²) in [5, 5.41) is 9.33. The van der Waals surface area contributed by atoms with Crippen LogP contribution in [-0.4, -0.2) is 31.8 Å². The average Bonchev–Trinajstić information content (AvgIpc) is 2.37. The second kappa shape index (κ2) is 6.13. The molecule has 3 N–H and O–H groups in total. The van der Waals surface area contributed by atoms with Gasteiger partial charge in [0.15, 0.2) is 0 Å². The molecule has 0 bridgehead atoms. The lowest BCUT2D eigenvalue weighted by Gasteiger charge is -2.26. The van der Waals surface area contributed by atoms with Crippen LogP contribution in [0.1, 0.15) is 37.8 Å². The quantitative estimate of drug-likeness (QED) is 0.864. The van der Waals surface area contributed by atoms with Gasteiger partial charge in [0.2, 0.25) is 0 Å². The van der Waals surface area contributed by atoms with E-state index >= 15 is 0 Å². The Bertz CT molecular complexity index is 491. The van der Waals surface area contributed by atoms with Gasteiger partial charge in [0.25, 0.3) is 0 Å². The van der Waals surface area contributed by atoms with Gasteiger partial charge in [-0.1, -0.05) is 20.8 Å². The molecule has 1 atom stereocenters. The van der Waals surface area contributed by atoms with Crippen molar-refractivity contribution in [2.45, 2.75) is 32.1 Å². The Morgan fingerprint density at radius 1 is 1.30 bits per heavy atom. The van der Waals surface area contributed by atoms with E-state index in [9.17, 15) is 9.90 Å². The van der Waals surface area contributed by atoms with Crippen LogP contribution in [0.15, 0.2) is 12.1 Å². The number of carboxylic acids is 1. The van der Waals surface area contributed by atoms with E-state index in [2.05, 4.69) is 0 Å². The SMILES string of the molecule is COc1cc(C(CN)C(=O)O)c(OC)c(C(C)(C)C)c1. The summed E-state index contributed by atoms with van der Waals surface area (Å²) in [5.74, 6) is -0.623. The molecular weight excluding hydrogens is 258 g/mol. The van der Waals surface area contributed by atoms with Gasteiger partial charge in [0, 0.05) is 17.7 Å². The van der Waals surface area contributed by atoms with Crippen molar-refractivity contribution >= 4 is 5.97 Å². The Kier molecular flexibility index (Phi) is 5.00. The van der Waals surface area contributed by atoms with Gasteiger partial charge in [-0.05, 0) is 17.5 Å². The van der Waals surface area contributed by atoms with Crippen LogP contribution >= 0.6 is 0 Å². The van der Waals surface area contributed by atoms with Gasteiger partial charge in [-0.25, -0.2) is 0 Å². The highest BCUT2D eigenvalue weighted by atomic mass is 16.5. The van der Waals surface area contributed by atoms with Gasteiger partial charge in [0.1, 0.15) is 11.5 Å². The first kappa shape index (κ1) is 16.3. The molecule has 112 valence electrons. The van der Waals surface area contributed by atoms with Gasteiger partial charge in [-0.3, -0.25) is 4.79 Å². The van der Waals surface area contributed by atoms with E-state index in [1.54, 1.807) is 13.2 Å². The van der Waals surface area contributed by atoms with E-state index in [0.29, 0.717) is 17.1 Å². The Morgan fingerprint density at radius 3 is 2.25 bits per heavy atom. The summed E-state index contributed by atoms with van der Waals surface area (Å²) in [6.45, 7) is 6.10. The zero-order chi connectivity index (χ0) is 15.5. The summed E-state index contributed by atoms with van der Waals surface area (Å²) in [6, 6.07) is 3.55. The largest absolute Gasteiger partial charge is 0.497 e. The highest BCUT2D eigenvalue weighted by Gasteiger charge is 2.28. The van der Waals surface area contributed by atoms with Crippen LogP contribution in [0.3, 0.4) is 0 Å². The van der Waals surface area contributed by atoms with Crippen molar-refractivity contribution in [1.82, 2.24) is 0 Å². The molecule has 1 aromatic carbocycles.